The van der Waals surface area contributed by atoms with Crippen molar-refractivity contribution in [1.29, 1.82) is 0 Å². The molecule has 0 bridgehead atoms. The van der Waals surface area contributed by atoms with Gasteiger partial charge in [-0.05, 0) is 43.0 Å². The quantitative estimate of drug-likeness (QED) is 0.298. The molecular formula is C35H40N4O2. The Kier molecular flexibility index (Phi) is 8.04. The molecule has 1 saturated heterocycles. The van der Waals surface area contributed by atoms with Crippen LogP contribution in [-0.4, -0.2) is 40.5 Å². The number of carbonyl (C=O) groups excluding carboxylic acids is 1. The van der Waals surface area contributed by atoms with Crippen LogP contribution in [0.15, 0.2) is 89.7 Å². The molecule has 212 valence electrons. The Balaban J connectivity index is 1.49. The number of fused-ring (bicyclic) bond motifs is 1. The first kappa shape index (κ1) is 27.4. The van der Waals surface area contributed by atoms with E-state index in [0.717, 1.165) is 43.0 Å². The van der Waals surface area contributed by atoms with Crippen LogP contribution in [0.3, 0.4) is 0 Å². The van der Waals surface area contributed by atoms with Gasteiger partial charge in [0, 0.05) is 48.2 Å². The highest BCUT2D eigenvalue weighted by atomic mass is 16.2. The Morgan fingerprint density at radius 3 is 2.27 bits per heavy atom. The van der Waals surface area contributed by atoms with Crippen molar-refractivity contribution in [1.82, 2.24) is 20.1 Å². The fraction of sp³-hybridized carbons (Fsp3) is 0.371. The topological polar surface area (TPSA) is 66.4 Å². The minimum Gasteiger partial charge on any atom is -0.345 e. The predicted molar refractivity (Wildman–Crippen MR) is 166 cm³/mol. The first-order valence-corrected chi connectivity index (χ1v) is 15.1. The standard InChI is InChI=1S/C35H40N4O2/c1-2-30(26-14-6-3-7-15-26)37-33(40)32-28-18-10-11-19-29(28)34(41)39(27-16-8-4-9-17-27)31(32)24-38-23-22-36-35(25-38)20-12-5-13-21-35/h3-4,6-11,14-19,30,36H,2,5,12-13,20-25H2,1H3,(H,37,40)/t30-/m0/s1. The molecule has 2 N–H and O–H groups in total. The Morgan fingerprint density at radius 2 is 1.56 bits per heavy atom. The normalized spacial score (nSPS) is 17.9. The highest BCUT2D eigenvalue weighted by Gasteiger charge is 2.37. The second kappa shape index (κ2) is 12.0. The lowest BCUT2D eigenvalue weighted by Crippen LogP contribution is -2.61. The fourth-order valence-corrected chi connectivity index (χ4v) is 6.94. The van der Waals surface area contributed by atoms with Gasteiger partial charge in [0.05, 0.1) is 17.3 Å². The highest BCUT2D eigenvalue weighted by Crippen LogP contribution is 2.32. The zero-order chi connectivity index (χ0) is 28.2. The molecule has 4 aromatic rings. The second-order valence-corrected chi connectivity index (χ2v) is 11.7. The van der Waals surface area contributed by atoms with Crippen molar-refractivity contribution < 1.29 is 4.79 Å². The monoisotopic (exact) mass is 548 g/mol. The highest BCUT2D eigenvalue weighted by molar-refractivity contribution is 6.08. The molecule has 0 radical (unpaired) electrons. The van der Waals surface area contributed by atoms with E-state index >= 15 is 0 Å². The number of nitrogens with one attached hydrogen (secondary N) is 2. The van der Waals surface area contributed by atoms with Crippen molar-refractivity contribution in [3.8, 4) is 5.69 Å². The molecule has 41 heavy (non-hydrogen) atoms. The summed E-state index contributed by atoms with van der Waals surface area (Å²) in [6.45, 7) is 5.33. The van der Waals surface area contributed by atoms with Crippen LogP contribution in [0.25, 0.3) is 16.5 Å². The third-order valence-electron chi connectivity index (χ3n) is 8.98. The first-order valence-electron chi connectivity index (χ1n) is 15.1. The summed E-state index contributed by atoms with van der Waals surface area (Å²) in [6.07, 6.45) is 6.91. The van der Waals surface area contributed by atoms with Gasteiger partial charge in [0.15, 0.2) is 0 Å². The van der Waals surface area contributed by atoms with E-state index in [9.17, 15) is 9.59 Å². The van der Waals surface area contributed by atoms with E-state index in [0.29, 0.717) is 22.9 Å². The number of nitrogens with zero attached hydrogens (tertiary/aromatic N) is 2. The van der Waals surface area contributed by atoms with Crippen molar-refractivity contribution in [3.05, 3.63) is 112 Å². The fourth-order valence-electron chi connectivity index (χ4n) is 6.94. The van der Waals surface area contributed by atoms with Gasteiger partial charge in [-0.25, -0.2) is 0 Å². The number of rotatable bonds is 7. The number of amides is 1. The number of benzene rings is 3. The number of para-hydroxylation sites is 1. The molecule has 1 spiro atoms. The first-order chi connectivity index (χ1) is 20.1. The molecule has 1 atom stereocenters. The van der Waals surface area contributed by atoms with Crippen molar-refractivity contribution in [2.45, 2.75) is 63.6 Å². The maximum Gasteiger partial charge on any atom is 0.263 e. The molecule has 6 rings (SSSR count). The van der Waals surface area contributed by atoms with E-state index in [1.165, 1.54) is 32.1 Å². The van der Waals surface area contributed by atoms with Crippen molar-refractivity contribution >= 4 is 16.7 Å². The number of pyridine rings is 1. The van der Waals surface area contributed by atoms with E-state index < -0.39 is 0 Å². The molecule has 2 aliphatic rings. The number of hydrogen-bond donors (Lipinski definition) is 2. The molecular weight excluding hydrogens is 508 g/mol. The molecule has 1 aliphatic carbocycles. The van der Waals surface area contributed by atoms with Gasteiger partial charge in [-0.1, -0.05) is 92.9 Å². The Labute approximate surface area is 242 Å². The van der Waals surface area contributed by atoms with Gasteiger partial charge in [-0.2, -0.15) is 0 Å². The van der Waals surface area contributed by atoms with Crippen LogP contribution >= 0.6 is 0 Å². The number of piperazine rings is 1. The Hall–Kier alpha value is -3.74. The molecule has 2 fully saturated rings. The summed E-state index contributed by atoms with van der Waals surface area (Å²) in [7, 11) is 0. The Morgan fingerprint density at radius 1 is 0.902 bits per heavy atom. The molecule has 1 amide bonds. The van der Waals surface area contributed by atoms with Gasteiger partial charge in [0.25, 0.3) is 11.5 Å². The molecule has 2 heterocycles. The smallest absolute Gasteiger partial charge is 0.263 e. The lowest BCUT2D eigenvalue weighted by atomic mass is 9.80. The van der Waals surface area contributed by atoms with Crippen LogP contribution in [0.2, 0.25) is 0 Å². The van der Waals surface area contributed by atoms with Crippen molar-refractivity contribution in [2.24, 2.45) is 0 Å². The van der Waals surface area contributed by atoms with Gasteiger partial charge in [0.2, 0.25) is 0 Å². The number of hydrogen-bond acceptors (Lipinski definition) is 4. The van der Waals surface area contributed by atoms with Crippen LogP contribution in [0.5, 0.6) is 0 Å². The zero-order valence-electron chi connectivity index (χ0n) is 23.9. The van der Waals surface area contributed by atoms with Gasteiger partial charge < -0.3 is 10.6 Å². The van der Waals surface area contributed by atoms with E-state index in [2.05, 4.69) is 34.6 Å². The largest absolute Gasteiger partial charge is 0.345 e. The minimum atomic E-state index is -0.140. The average Bonchev–Trinajstić information content (AvgIpc) is 3.01. The maximum atomic E-state index is 14.4. The minimum absolute atomic E-state index is 0.0871. The van der Waals surface area contributed by atoms with Gasteiger partial charge in [-0.15, -0.1) is 0 Å². The van der Waals surface area contributed by atoms with Crippen LogP contribution in [0.4, 0.5) is 0 Å². The van der Waals surface area contributed by atoms with Gasteiger partial charge >= 0.3 is 0 Å². The molecule has 1 aliphatic heterocycles. The summed E-state index contributed by atoms with van der Waals surface area (Å²) in [5, 5.41) is 8.44. The van der Waals surface area contributed by atoms with E-state index in [1.54, 1.807) is 4.57 Å². The second-order valence-electron chi connectivity index (χ2n) is 11.7. The van der Waals surface area contributed by atoms with E-state index in [1.807, 2.05) is 72.8 Å². The Bertz CT molecular complexity index is 1550. The average molecular weight is 549 g/mol. The lowest BCUT2D eigenvalue weighted by molar-refractivity contribution is 0.0898. The van der Waals surface area contributed by atoms with Crippen molar-refractivity contribution in [2.75, 3.05) is 19.6 Å². The molecule has 3 aromatic carbocycles. The molecule has 1 saturated carbocycles. The van der Waals surface area contributed by atoms with Crippen LogP contribution in [0.1, 0.15) is 73.1 Å². The summed E-state index contributed by atoms with van der Waals surface area (Å²) in [5.41, 5.74) is 3.24. The summed E-state index contributed by atoms with van der Waals surface area (Å²) in [5.74, 6) is -0.140. The summed E-state index contributed by atoms with van der Waals surface area (Å²) < 4.78 is 1.79. The van der Waals surface area contributed by atoms with Crippen LogP contribution in [0, 0.1) is 0 Å². The van der Waals surface area contributed by atoms with Gasteiger partial charge in [-0.3, -0.25) is 19.1 Å². The van der Waals surface area contributed by atoms with Crippen LogP contribution < -0.4 is 16.2 Å². The third-order valence-corrected chi connectivity index (χ3v) is 8.98. The SMILES string of the molecule is CC[C@H](NC(=O)c1c(CN2CCNC3(CCCCC3)C2)n(-c2ccccc2)c(=O)c2ccccc12)c1ccccc1. The van der Waals surface area contributed by atoms with Gasteiger partial charge in [0.1, 0.15) is 0 Å². The molecule has 1 aromatic heterocycles. The molecule has 6 heteroatoms. The predicted octanol–water partition coefficient (Wildman–Crippen LogP) is 5.98. The molecule has 6 nitrogen and oxygen atoms in total. The van der Waals surface area contributed by atoms with E-state index in [-0.39, 0.29) is 23.0 Å². The van der Waals surface area contributed by atoms with E-state index in [4.69, 9.17) is 0 Å². The molecule has 0 unspecified atom stereocenters. The van der Waals surface area contributed by atoms with Crippen LogP contribution in [-0.2, 0) is 6.54 Å². The van der Waals surface area contributed by atoms with Crippen molar-refractivity contribution in [3.63, 3.8) is 0 Å². The summed E-state index contributed by atoms with van der Waals surface area (Å²) in [4.78, 5) is 31.0. The maximum absolute atomic E-state index is 14.4. The lowest BCUT2D eigenvalue weighted by Gasteiger charge is -2.46. The summed E-state index contributed by atoms with van der Waals surface area (Å²) >= 11 is 0. The zero-order valence-corrected chi connectivity index (χ0v) is 23.9. The summed E-state index contributed by atoms with van der Waals surface area (Å²) in [6, 6.07) is 27.3. The third kappa shape index (κ3) is 5.59. The number of aromatic nitrogens is 1. The number of carbonyl (C=O) groups is 1.